The van der Waals surface area contributed by atoms with Crippen LogP contribution in [0.4, 0.5) is 5.69 Å². The van der Waals surface area contributed by atoms with Gasteiger partial charge in [-0.25, -0.2) is 0 Å². The Morgan fingerprint density at radius 2 is 1.58 bits per heavy atom. The van der Waals surface area contributed by atoms with Crippen LogP contribution in [0.2, 0.25) is 0 Å². The molecule has 8 nitrogen and oxygen atoms in total. The number of benzene rings is 3. The van der Waals surface area contributed by atoms with Gasteiger partial charge < -0.3 is 24.4 Å². The summed E-state index contributed by atoms with van der Waals surface area (Å²) in [4.78, 5) is 47.7. The monoisotopic (exact) mass is 672 g/mol. The molecule has 260 valence electrons. The van der Waals surface area contributed by atoms with Crippen LogP contribution in [0.1, 0.15) is 94.1 Å². The molecule has 3 amide bonds. The molecule has 3 aliphatic rings. The second-order valence-corrected chi connectivity index (χ2v) is 14.7. The third-order valence-electron chi connectivity index (χ3n) is 11.5. The third kappa shape index (κ3) is 6.43. The number of rotatable bonds is 6. The van der Waals surface area contributed by atoms with Gasteiger partial charge >= 0.3 is 0 Å². The minimum atomic E-state index is -0.172. The second-order valence-electron chi connectivity index (χ2n) is 14.7. The summed E-state index contributed by atoms with van der Waals surface area (Å²) in [7, 11) is 3.67. The molecule has 0 radical (unpaired) electrons. The maximum atomic E-state index is 14.8. The van der Waals surface area contributed by atoms with E-state index in [9.17, 15) is 19.5 Å². The van der Waals surface area contributed by atoms with Gasteiger partial charge in [-0.15, -0.1) is 0 Å². The molecule has 1 atom stereocenters. The molecule has 1 saturated carbocycles. The van der Waals surface area contributed by atoms with Gasteiger partial charge in [-0.2, -0.15) is 0 Å². The number of nitrogens with zero attached hydrogens (tertiary/aromatic N) is 4. The molecule has 3 heterocycles. The zero-order valence-corrected chi connectivity index (χ0v) is 29.7. The number of hydrogen-bond donors (Lipinski definition) is 1. The highest BCUT2D eigenvalue weighted by molar-refractivity contribution is 6.08. The van der Waals surface area contributed by atoms with Crippen molar-refractivity contribution in [1.29, 1.82) is 0 Å². The first-order valence-corrected chi connectivity index (χ1v) is 18.1. The zero-order valence-electron chi connectivity index (χ0n) is 29.7. The average molecular weight is 673 g/mol. The van der Waals surface area contributed by atoms with E-state index in [1.54, 1.807) is 36.2 Å². The van der Waals surface area contributed by atoms with Crippen molar-refractivity contribution in [2.45, 2.75) is 84.3 Å². The molecule has 50 heavy (non-hydrogen) atoms. The van der Waals surface area contributed by atoms with Crippen LogP contribution in [0.3, 0.4) is 0 Å². The van der Waals surface area contributed by atoms with E-state index in [2.05, 4.69) is 31.2 Å². The summed E-state index contributed by atoms with van der Waals surface area (Å²) in [6.07, 6.45) is 8.11. The fraction of sp³-hybridized carbons (Fsp3) is 0.405. The predicted octanol–water partition coefficient (Wildman–Crippen LogP) is 7.42. The Hall–Kier alpha value is -4.85. The Kier molecular flexibility index (Phi) is 9.29. The molecule has 8 heteroatoms. The van der Waals surface area contributed by atoms with Gasteiger partial charge in [0.25, 0.3) is 11.8 Å². The van der Waals surface area contributed by atoms with Crippen LogP contribution >= 0.6 is 0 Å². The van der Waals surface area contributed by atoms with Gasteiger partial charge in [0.1, 0.15) is 5.75 Å². The normalized spacial score (nSPS) is 17.6. The molecule has 1 N–H and O–H groups in total. The minimum Gasteiger partial charge on any atom is -0.508 e. The number of carbonyl (C=O) groups is 3. The summed E-state index contributed by atoms with van der Waals surface area (Å²) < 4.78 is 2.01. The van der Waals surface area contributed by atoms with Crippen molar-refractivity contribution < 1.29 is 19.5 Å². The molecule has 2 aliphatic heterocycles. The van der Waals surface area contributed by atoms with E-state index in [1.807, 2.05) is 46.5 Å². The number of phenolic OH excluding ortho intramolecular Hbond substituents is 1. The molecule has 3 aromatic carbocycles. The van der Waals surface area contributed by atoms with Gasteiger partial charge in [-0.1, -0.05) is 43.5 Å². The SMILES string of the molecule is Cc1c(C(=O)N(C)c2ccc(O)cc2)cc(-c2cc3c(cc2C(=O)N2Cc4ccccc4C[C@H]2C)CN(C(=O)CC2CCCCC2)CC3)n1C. The number of carbonyl (C=O) groups excluding carboxylic acids is 3. The van der Waals surface area contributed by atoms with E-state index in [1.165, 1.54) is 24.8 Å². The van der Waals surface area contributed by atoms with Crippen LogP contribution in [-0.2, 0) is 37.8 Å². The molecule has 0 bridgehead atoms. The first kappa shape index (κ1) is 33.6. The Bertz CT molecular complexity index is 1940. The van der Waals surface area contributed by atoms with Gasteiger partial charge in [0.05, 0.1) is 5.56 Å². The molecular weight excluding hydrogens is 624 g/mol. The summed E-state index contributed by atoms with van der Waals surface area (Å²) in [5, 5.41) is 9.77. The van der Waals surface area contributed by atoms with Crippen LogP contribution in [0.25, 0.3) is 11.3 Å². The van der Waals surface area contributed by atoms with Crippen LogP contribution in [0.15, 0.2) is 66.7 Å². The van der Waals surface area contributed by atoms with Gasteiger partial charge in [-0.05, 0) is 110 Å². The maximum absolute atomic E-state index is 14.8. The van der Waals surface area contributed by atoms with Gasteiger partial charge in [0, 0.05) is 74.4 Å². The number of phenols is 1. The number of anilines is 1. The van der Waals surface area contributed by atoms with E-state index in [0.717, 1.165) is 59.3 Å². The molecule has 0 spiro atoms. The molecule has 7 rings (SSSR count). The minimum absolute atomic E-state index is 0.0149. The van der Waals surface area contributed by atoms with Crippen molar-refractivity contribution in [2.75, 3.05) is 18.5 Å². The molecule has 0 saturated heterocycles. The van der Waals surface area contributed by atoms with Crippen molar-refractivity contribution in [1.82, 2.24) is 14.4 Å². The number of aromatic nitrogens is 1. The van der Waals surface area contributed by atoms with Crippen LogP contribution < -0.4 is 4.90 Å². The second kappa shape index (κ2) is 13.8. The van der Waals surface area contributed by atoms with Crippen LogP contribution in [0, 0.1) is 12.8 Å². The van der Waals surface area contributed by atoms with E-state index >= 15 is 0 Å². The number of fused-ring (bicyclic) bond motifs is 2. The standard InChI is InChI=1S/C42H48N4O4/c1-27-20-30-12-8-9-13-32(30)26-46(27)42(50)38-23-33-25-45(40(48)21-29-10-6-5-7-11-29)19-18-31(33)22-37(38)39-24-36(28(2)43(39)3)41(49)44(4)34-14-16-35(47)17-15-34/h8-9,12-17,22-24,27,29,47H,5-7,10-11,18-21,25-26H2,1-4H3/t27-/m1/s1. The van der Waals surface area contributed by atoms with Crippen molar-refractivity contribution >= 4 is 23.4 Å². The quantitative estimate of drug-likeness (QED) is 0.231. The largest absolute Gasteiger partial charge is 0.508 e. The van der Waals surface area contributed by atoms with E-state index in [4.69, 9.17) is 0 Å². The van der Waals surface area contributed by atoms with Crippen molar-refractivity contribution in [3.05, 3.63) is 106 Å². The Morgan fingerprint density at radius 1 is 0.860 bits per heavy atom. The molecule has 1 fully saturated rings. The zero-order chi connectivity index (χ0) is 35.1. The number of hydrogen-bond acceptors (Lipinski definition) is 4. The lowest BCUT2D eigenvalue weighted by Crippen LogP contribution is -2.43. The topological polar surface area (TPSA) is 86.1 Å². The molecule has 1 aromatic heterocycles. The fourth-order valence-electron chi connectivity index (χ4n) is 8.23. The highest BCUT2D eigenvalue weighted by Gasteiger charge is 2.33. The fourth-order valence-corrected chi connectivity index (χ4v) is 8.23. The van der Waals surface area contributed by atoms with Crippen molar-refractivity contribution in [3.63, 3.8) is 0 Å². The van der Waals surface area contributed by atoms with Crippen LogP contribution in [0.5, 0.6) is 5.75 Å². The number of aromatic hydroxyl groups is 1. The molecular formula is C42H48N4O4. The van der Waals surface area contributed by atoms with Gasteiger partial charge in [0.2, 0.25) is 5.91 Å². The lowest BCUT2D eigenvalue weighted by atomic mass is 9.86. The summed E-state index contributed by atoms with van der Waals surface area (Å²) >= 11 is 0. The molecule has 1 aliphatic carbocycles. The van der Waals surface area contributed by atoms with Crippen molar-refractivity contribution in [2.24, 2.45) is 13.0 Å². The molecule has 4 aromatic rings. The summed E-state index contributed by atoms with van der Waals surface area (Å²) in [6, 6.07) is 21.0. The Morgan fingerprint density at radius 3 is 2.32 bits per heavy atom. The smallest absolute Gasteiger partial charge is 0.259 e. The van der Waals surface area contributed by atoms with Crippen molar-refractivity contribution in [3.8, 4) is 17.0 Å². The van der Waals surface area contributed by atoms with Gasteiger partial charge in [0.15, 0.2) is 0 Å². The third-order valence-corrected chi connectivity index (χ3v) is 11.5. The lowest BCUT2D eigenvalue weighted by Gasteiger charge is -2.36. The average Bonchev–Trinajstić information content (AvgIpc) is 3.43. The number of amides is 3. The van der Waals surface area contributed by atoms with Gasteiger partial charge in [-0.3, -0.25) is 14.4 Å². The highest BCUT2D eigenvalue weighted by Crippen LogP contribution is 2.36. The Labute approximate surface area is 295 Å². The van der Waals surface area contributed by atoms with E-state index in [0.29, 0.717) is 48.8 Å². The first-order valence-electron chi connectivity index (χ1n) is 18.1. The van der Waals surface area contributed by atoms with Crippen LogP contribution in [-0.4, -0.2) is 56.8 Å². The molecule has 0 unspecified atom stereocenters. The highest BCUT2D eigenvalue weighted by atomic mass is 16.3. The van der Waals surface area contributed by atoms with E-state index < -0.39 is 0 Å². The van der Waals surface area contributed by atoms with E-state index in [-0.39, 0.29) is 29.5 Å². The summed E-state index contributed by atoms with van der Waals surface area (Å²) in [5.74, 6) is 0.629. The lowest BCUT2D eigenvalue weighted by molar-refractivity contribution is -0.133. The Balaban J connectivity index is 1.26. The summed E-state index contributed by atoms with van der Waals surface area (Å²) in [5.41, 5.74) is 8.84. The summed E-state index contributed by atoms with van der Waals surface area (Å²) in [6.45, 7) is 5.75. The first-order chi connectivity index (χ1) is 24.1. The predicted molar refractivity (Wildman–Crippen MR) is 196 cm³/mol. The maximum Gasteiger partial charge on any atom is 0.259 e.